The first-order valence-corrected chi connectivity index (χ1v) is 8.32. The molecule has 0 radical (unpaired) electrons. The zero-order valence-electron chi connectivity index (χ0n) is 14.7. The monoisotopic (exact) mass is 334 g/mol. The number of imidazole rings is 1. The zero-order chi connectivity index (χ0) is 17.3. The van der Waals surface area contributed by atoms with Crippen LogP contribution in [0.3, 0.4) is 0 Å². The van der Waals surface area contributed by atoms with Gasteiger partial charge in [0.2, 0.25) is 11.8 Å². The maximum Gasteiger partial charge on any atom is 0.229 e. The third-order valence-corrected chi connectivity index (χ3v) is 4.72. The van der Waals surface area contributed by atoms with Crippen LogP contribution >= 0.6 is 0 Å². The second kappa shape index (κ2) is 6.90. The number of rotatable bonds is 6. The molecule has 2 aromatic rings. The van der Waals surface area contributed by atoms with Gasteiger partial charge in [-0.25, -0.2) is 4.98 Å². The first-order chi connectivity index (χ1) is 11.5. The maximum atomic E-state index is 10.3. The van der Waals surface area contributed by atoms with Crippen molar-refractivity contribution in [1.29, 1.82) is 0 Å². The van der Waals surface area contributed by atoms with Gasteiger partial charge in [0.25, 0.3) is 0 Å². The molecular formula is C16H26N6O2. The molecule has 0 spiro atoms. The lowest BCUT2D eigenvalue weighted by Gasteiger charge is -2.16. The molecule has 132 valence electrons. The van der Waals surface area contributed by atoms with Crippen LogP contribution in [0.2, 0.25) is 0 Å². The minimum atomic E-state index is -0.335. The summed E-state index contributed by atoms with van der Waals surface area (Å²) >= 11 is 0. The average Bonchev–Trinajstić information content (AvgIpc) is 3.20. The van der Waals surface area contributed by atoms with Crippen molar-refractivity contribution in [2.24, 2.45) is 13.0 Å². The van der Waals surface area contributed by atoms with Crippen molar-refractivity contribution in [3.8, 4) is 0 Å². The Morgan fingerprint density at radius 2 is 2.21 bits per heavy atom. The van der Waals surface area contributed by atoms with Gasteiger partial charge in [-0.1, -0.05) is 5.16 Å². The van der Waals surface area contributed by atoms with E-state index in [0.29, 0.717) is 18.1 Å². The molecule has 2 N–H and O–H groups in total. The minimum Gasteiger partial charge on any atom is -0.393 e. The number of anilines is 1. The average molecular weight is 334 g/mol. The Balaban J connectivity index is 1.52. The number of aryl methyl sites for hydroxylation is 1. The number of nitrogens with one attached hydrogen (secondary N) is 1. The molecule has 1 saturated carbocycles. The Bertz CT molecular complexity index is 680. The first kappa shape index (κ1) is 16.9. The van der Waals surface area contributed by atoms with Gasteiger partial charge in [-0.15, -0.1) is 0 Å². The van der Waals surface area contributed by atoms with Gasteiger partial charge in [0.1, 0.15) is 0 Å². The largest absolute Gasteiger partial charge is 0.393 e. The summed E-state index contributed by atoms with van der Waals surface area (Å²) in [6.07, 6.45) is 3.10. The third kappa shape index (κ3) is 3.44. The molecule has 24 heavy (non-hydrogen) atoms. The summed E-state index contributed by atoms with van der Waals surface area (Å²) in [5, 5.41) is 17.6. The standard InChI is InChI=1S/C16H26N6O2/c1-10-19-15(24-20-10)11-5-12(14(23)6-11)7-17-8-13-9-18-16(21(2)3)22(13)4/h9,11-12,14,17,23H,5-8H2,1-4H3/t11-,12+,14+/m0/s1. The summed E-state index contributed by atoms with van der Waals surface area (Å²) in [5.74, 6) is 2.58. The molecular weight excluding hydrogens is 308 g/mol. The minimum absolute atomic E-state index is 0.157. The van der Waals surface area contributed by atoms with Gasteiger partial charge < -0.3 is 24.4 Å². The second-order valence-electron chi connectivity index (χ2n) is 6.81. The van der Waals surface area contributed by atoms with E-state index in [-0.39, 0.29) is 17.9 Å². The second-order valence-corrected chi connectivity index (χ2v) is 6.81. The van der Waals surface area contributed by atoms with Gasteiger partial charge in [-0.3, -0.25) is 0 Å². The summed E-state index contributed by atoms with van der Waals surface area (Å²) in [5.41, 5.74) is 1.12. The van der Waals surface area contributed by atoms with Crippen LogP contribution in [-0.4, -0.2) is 51.5 Å². The Kier molecular flexibility index (Phi) is 4.86. The van der Waals surface area contributed by atoms with E-state index in [9.17, 15) is 5.11 Å². The zero-order valence-corrected chi connectivity index (χ0v) is 14.7. The molecule has 0 aromatic carbocycles. The number of nitrogens with zero attached hydrogens (tertiary/aromatic N) is 5. The van der Waals surface area contributed by atoms with E-state index in [1.807, 2.05) is 39.2 Å². The Labute approximate surface area is 141 Å². The van der Waals surface area contributed by atoms with Crippen molar-refractivity contribution in [2.75, 3.05) is 25.5 Å². The molecule has 8 nitrogen and oxygen atoms in total. The van der Waals surface area contributed by atoms with Crippen molar-refractivity contribution in [2.45, 2.75) is 38.3 Å². The summed E-state index contributed by atoms with van der Waals surface area (Å²) in [6.45, 7) is 3.30. The van der Waals surface area contributed by atoms with E-state index in [2.05, 4.69) is 25.0 Å². The SMILES string of the molecule is Cc1noc([C@H]2C[C@H](CNCc3cnc(N(C)C)n3C)[C@H](O)C2)n1. The molecule has 1 fully saturated rings. The number of hydrogen-bond acceptors (Lipinski definition) is 7. The topological polar surface area (TPSA) is 92.2 Å². The van der Waals surface area contributed by atoms with E-state index in [0.717, 1.165) is 31.2 Å². The molecule has 2 heterocycles. The lowest BCUT2D eigenvalue weighted by Crippen LogP contribution is -2.28. The third-order valence-electron chi connectivity index (χ3n) is 4.72. The van der Waals surface area contributed by atoms with Crippen LogP contribution in [0.4, 0.5) is 5.95 Å². The van der Waals surface area contributed by atoms with Crippen LogP contribution in [-0.2, 0) is 13.6 Å². The van der Waals surface area contributed by atoms with Crippen LogP contribution in [0.5, 0.6) is 0 Å². The van der Waals surface area contributed by atoms with Crippen LogP contribution in [0, 0.1) is 12.8 Å². The quantitative estimate of drug-likeness (QED) is 0.808. The fourth-order valence-corrected chi connectivity index (χ4v) is 3.40. The normalized spacial score (nSPS) is 23.8. The highest BCUT2D eigenvalue weighted by Crippen LogP contribution is 2.37. The highest BCUT2D eigenvalue weighted by molar-refractivity contribution is 5.30. The number of aliphatic hydroxyl groups is 1. The summed E-state index contributed by atoms with van der Waals surface area (Å²) in [6, 6.07) is 0. The van der Waals surface area contributed by atoms with Crippen molar-refractivity contribution in [3.63, 3.8) is 0 Å². The fraction of sp³-hybridized carbons (Fsp3) is 0.688. The number of aromatic nitrogens is 4. The molecule has 1 aliphatic carbocycles. The van der Waals surface area contributed by atoms with Crippen LogP contribution in [0.1, 0.15) is 36.2 Å². The first-order valence-electron chi connectivity index (χ1n) is 8.32. The maximum absolute atomic E-state index is 10.3. The van der Waals surface area contributed by atoms with Gasteiger partial charge in [0.15, 0.2) is 5.82 Å². The molecule has 0 aliphatic heterocycles. The fourth-order valence-electron chi connectivity index (χ4n) is 3.40. The van der Waals surface area contributed by atoms with Gasteiger partial charge in [-0.2, -0.15) is 4.98 Å². The van der Waals surface area contributed by atoms with Crippen molar-refractivity contribution < 1.29 is 9.63 Å². The summed E-state index contributed by atoms with van der Waals surface area (Å²) in [7, 11) is 5.97. The molecule has 0 bridgehead atoms. The summed E-state index contributed by atoms with van der Waals surface area (Å²) in [4.78, 5) is 10.7. The van der Waals surface area contributed by atoms with E-state index in [1.54, 1.807) is 0 Å². The molecule has 2 aromatic heterocycles. The Hall–Kier alpha value is -1.93. The van der Waals surface area contributed by atoms with Gasteiger partial charge in [-0.05, 0) is 25.7 Å². The van der Waals surface area contributed by atoms with E-state index < -0.39 is 0 Å². The van der Waals surface area contributed by atoms with Crippen molar-refractivity contribution >= 4 is 5.95 Å². The van der Waals surface area contributed by atoms with Crippen LogP contribution in [0.15, 0.2) is 10.7 Å². The van der Waals surface area contributed by atoms with Crippen molar-refractivity contribution in [3.05, 3.63) is 23.6 Å². The highest BCUT2D eigenvalue weighted by Gasteiger charge is 2.36. The van der Waals surface area contributed by atoms with Crippen molar-refractivity contribution in [1.82, 2.24) is 25.0 Å². The molecule has 1 aliphatic rings. The predicted molar refractivity (Wildman–Crippen MR) is 89.7 cm³/mol. The lowest BCUT2D eigenvalue weighted by atomic mass is 10.0. The summed E-state index contributed by atoms with van der Waals surface area (Å²) < 4.78 is 7.32. The number of hydrogen-bond donors (Lipinski definition) is 2. The smallest absolute Gasteiger partial charge is 0.229 e. The molecule has 0 unspecified atom stereocenters. The number of aliphatic hydroxyl groups excluding tert-OH is 1. The molecule has 3 rings (SSSR count). The molecule has 0 saturated heterocycles. The van der Waals surface area contributed by atoms with Gasteiger partial charge in [0, 0.05) is 40.2 Å². The van der Waals surface area contributed by atoms with Crippen LogP contribution in [0.25, 0.3) is 0 Å². The molecule has 0 amide bonds. The van der Waals surface area contributed by atoms with E-state index in [4.69, 9.17) is 4.52 Å². The molecule has 8 heteroatoms. The van der Waals surface area contributed by atoms with Gasteiger partial charge >= 0.3 is 0 Å². The predicted octanol–water partition coefficient (Wildman–Crippen LogP) is 0.822. The lowest BCUT2D eigenvalue weighted by molar-refractivity contribution is 0.130. The molecule has 3 atom stereocenters. The Morgan fingerprint density at radius 3 is 2.83 bits per heavy atom. The highest BCUT2D eigenvalue weighted by atomic mass is 16.5. The van der Waals surface area contributed by atoms with E-state index in [1.165, 1.54) is 0 Å². The van der Waals surface area contributed by atoms with Crippen LogP contribution < -0.4 is 10.2 Å². The van der Waals surface area contributed by atoms with Gasteiger partial charge in [0.05, 0.1) is 18.0 Å². The Morgan fingerprint density at radius 1 is 1.42 bits per heavy atom. The van der Waals surface area contributed by atoms with E-state index >= 15 is 0 Å².